The number of benzene rings is 9. The molecule has 12 rings (SSSR count). The smallest absolute Gasteiger partial charge is 0.137 e. The molecule has 2 aromatic heterocycles. The summed E-state index contributed by atoms with van der Waals surface area (Å²) in [5.74, 6) is 1.54. The molecule has 0 N–H and O–H groups in total. The average molecular weight is 998 g/mol. The molecule has 9 aromatic carbocycles. The Bertz CT molecular complexity index is 3830. The monoisotopic (exact) mass is 997 g/mol. The maximum atomic E-state index is 14.7. The predicted molar refractivity (Wildman–Crippen MR) is 310 cm³/mol. The maximum Gasteiger partial charge on any atom is 0.137 e. The fourth-order valence-electron chi connectivity index (χ4n) is 10.6. The van der Waals surface area contributed by atoms with E-state index in [0.29, 0.717) is 18.2 Å². The van der Waals surface area contributed by atoms with Crippen molar-refractivity contribution in [3.8, 4) is 39.6 Å². The first-order valence-corrected chi connectivity index (χ1v) is 25.8. The van der Waals surface area contributed by atoms with Gasteiger partial charge in [-0.1, -0.05) is 133 Å². The third-order valence-electron chi connectivity index (χ3n) is 14.5. The van der Waals surface area contributed by atoms with Crippen molar-refractivity contribution in [2.45, 2.75) is 52.4 Å². The number of rotatable bonds is 10. The van der Waals surface area contributed by atoms with E-state index in [1.165, 1.54) is 29.8 Å². The number of aromatic nitrogens is 2. The zero-order chi connectivity index (χ0) is 52.3. The van der Waals surface area contributed by atoms with E-state index < -0.39 is 0 Å². The zero-order valence-electron chi connectivity index (χ0n) is 43.5. The summed E-state index contributed by atoms with van der Waals surface area (Å²) in [6, 6.07) is 72.7. The number of pyridine rings is 1. The minimum absolute atomic E-state index is 0.0691. The molecule has 0 aliphatic carbocycles. The number of hydrogen-bond donors (Lipinski definition) is 0. The van der Waals surface area contributed by atoms with E-state index in [1.54, 1.807) is 0 Å². The number of halogens is 2. The van der Waals surface area contributed by atoms with Crippen LogP contribution in [0.1, 0.15) is 52.7 Å². The van der Waals surface area contributed by atoms with Gasteiger partial charge in [0.15, 0.2) is 0 Å². The van der Waals surface area contributed by atoms with E-state index in [1.807, 2.05) is 42.6 Å². The van der Waals surface area contributed by atoms with Gasteiger partial charge in [-0.2, -0.15) is 0 Å². The summed E-state index contributed by atoms with van der Waals surface area (Å²) in [4.78, 5) is 11.9. The highest BCUT2D eigenvalue weighted by Crippen LogP contribution is 2.53. The molecule has 0 atom stereocenters. The number of ether oxygens (including phenoxy) is 1. The van der Waals surface area contributed by atoms with Gasteiger partial charge in [-0.3, -0.25) is 4.57 Å². The van der Waals surface area contributed by atoms with Crippen LogP contribution in [0.15, 0.2) is 225 Å². The number of nitrogens with zero attached hydrogens (tertiary/aromatic N) is 5. The standard InChI is InChI=1S/C68H57F2N5O/c1-67(2,3)47-35-36-71-65(39-47)75-61-22-14-13-21-57(61)58-34-33-55(43-64(58)75)76-56-41-53(40-54(42-56)74(51-17-9-7-10-18-51)52-19-11-8-12-20-52)72-44-73(63-24-16-15-23-62(63)72)66-59(45-25-29-49(69)30-26-45)37-48(68(4,5)6)38-60(66)46-27-31-50(70)32-28-46/h7-43H,44H2,1-6H3. The third-order valence-corrected chi connectivity index (χ3v) is 14.5. The van der Waals surface area contributed by atoms with Crippen LogP contribution in [0.4, 0.5) is 48.6 Å². The molecule has 8 heteroatoms. The van der Waals surface area contributed by atoms with Crippen LogP contribution in [-0.2, 0) is 10.8 Å². The van der Waals surface area contributed by atoms with Crippen LogP contribution in [0.5, 0.6) is 11.5 Å². The van der Waals surface area contributed by atoms with Gasteiger partial charge >= 0.3 is 0 Å². The number of fused-ring (bicyclic) bond motifs is 4. The number of para-hydroxylation sites is 5. The summed E-state index contributed by atoms with van der Waals surface area (Å²) in [7, 11) is 0. The minimum atomic E-state index is -0.308. The molecule has 0 fully saturated rings. The third kappa shape index (κ3) is 9.00. The molecule has 1 aliphatic rings. The summed E-state index contributed by atoms with van der Waals surface area (Å²) in [6.07, 6.45) is 1.90. The zero-order valence-corrected chi connectivity index (χ0v) is 43.5. The number of anilines is 7. The SMILES string of the molecule is CC(C)(C)c1ccnc(-n2c3ccccc3c3ccc(Oc4cc(N5CN(c6c(-c7ccc(F)cc7)cc(C(C)(C)C)cc6-c6ccc(F)cc6)c6ccccc65)cc(N(c5ccccc5)c5ccccc5)c4)cc32)c1. The lowest BCUT2D eigenvalue weighted by Gasteiger charge is -2.31. The van der Waals surface area contributed by atoms with Crippen LogP contribution < -0.4 is 19.4 Å². The second kappa shape index (κ2) is 19.0. The quantitative estimate of drug-likeness (QED) is 0.136. The molecule has 0 unspecified atom stereocenters. The molecule has 0 bridgehead atoms. The molecule has 11 aromatic rings. The Hall–Kier alpha value is -9.01. The van der Waals surface area contributed by atoms with Crippen LogP contribution in [0.3, 0.4) is 0 Å². The van der Waals surface area contributed by atoms with E-state index in [9.17, 15) is 8.78 Å². The van der Waals surface area contributed by atoms with E-state index in [2.05, 4.69) is 219 Å². The highest BCUT2D eigenvalue weighted by atomic mass is 19.1. The largest absolute Gasteiger partial charge is 0.457 e. The fraction of sp³-hybridized carbons (Fsp3) is 0.132. The van der Waals surface area contributed by atoms with Crippen molar-refractivity contribution >= 4 is 61.6 Å². The topological polar surface area (TPSA) is 36.8 Å². The van der Waals surface area contributed by atoms with Gasteiger partial charge in [0.25, 0.3) is 0 Å². The summed E-state index contributed by atoms with van der Waals surface area (Å²) in [6.45, 7) is 13.7. The van der Waals surface area contributed by atoms with Gasteiger partial charge in [0.05, 0.1) is 33.8 Å². The van der Waals surface area contributed by atoms with Crippen LogP contribution in [0, 0.1) is 11.6 Å². The highest BCUT2D eigenvalue weighted by molar-refractivity contribution is 6.09. The first-order valence-electron chi connectivity index (χ1n) is 25.8. The molecule has 0 saturated heterocycles. The van der Waals surface area contributed by atoms with Crippen LogP contribution in [0.2, 0.25) is 0 Å². The van der Waals surface area contributed by atoms with Gasteiger partial charge in [-0.15, -0.1) is 0 Å². The normalized spacial score (nSPS) is 12.6. The Kier molecular flexibility index (Phi) is 12.0. The summed E-state index contributed by atoms with van der Waals surface area (Å²) >= 11 is 0. The molecule has 0 amide bonds. The summed E-state index contributed by atoms with van der Waals surface area (Å²) in [5.41, 5.74) is 14.3. The molecular formula is C68H57F2N5O. The van der Waals surface area contributed by atoms with Crippen molar-refractivity contribution in [1.82, 2.24) is 9.55 Å². The summed E-state index contributed by atoms with van der Waals surface area (Å²) in [5, 5.41) is 2.23. The molecule has 0 radical (unpaired) electrons. The Morgan fingerprint density at radius 2 is 1.01 bits per heavy atom. The Labute approximate surface area is 443 Å². The second-order valence-electron chi connectivity index (χ2n) is 21.6. The van der Waals surface area contributed by atoms with E-state index >= 15 is 0 Å². The van der Waals surface area contributed by atoms with Crippen molar-refractivity contribution in [2.24, 2.45) is 0 Å². The van der Waals surface area contributed by atoms with Gasteiger partial charge in [0.1, 0.15) is 35.6 Å². The van der Waals surface area contributed by atoms with Crippen molar-refractivity contribution in [1.29, 1.82) is 0 Å². The van der Waals surface area contributed by atoms with E-state index in [-0.39, 0.29) is 22.5 Å². The first-order chi connectivity index (χ1) is 36.7. The lowest BCUT2D eigenvalue weighted by molar-refractivity contribution is 0.483. The van der Waals surface area contributed by atoms with Crippen molar-refractivity contribution in [3.05, 3.63) is 247 Å². The molecule has 374 valence electrons. The lowest BCUT2D eigenvalue weighted by Crippen LogP contribution is -2.25. The highest BCUT2D eigenvalue weighted by Gasteiger charge is 2.34. The average Bonchev–Trinajstić information content (AvgIpc) is 4.11. The molecular weight excluding hydrogens is 941 g/mol. The van der Waals surface area contributed by atoms with Crippen LogP contribution in [-0.4, -0.2) is 16.2 Å². The Morgan fingerprint density at radius 1 is 0.461 bits per heavy atom. The minimum Gasteiger partial charge on any atom is -0.457 e. The van der Waals surface area contributed by atoms with Crippen molar-refractivity contribution in [3.63, 3.8) is 0 Å². The van der Waals surface area contributed by atoms with Crippen LogP contribution in [0.25, 0.3) is 49.9 Å². The molecule has 0 saturated carbocycles. The molecule has 1 aliphatic heterocycles. The van der Waals surface area contributed by atoms with Gasteiger partial charge < -0.3 is 19.4 Å². The van der Waals surface area contributed by atoms with Gasteiger partial charge in [0, 0.05) is 63.4 Å². The van der Waals surface area contributed by atoms with Gasteiger partial charge in [0.2, 0.25) is 0 Å². The summed E-state index contributed by atoms with van der Waals surface area (Å²) < 4.78 is 38.9. The van der Waals surface area contributed by atoms with E-state index in [0.717, 1.165) is 95.3 Å². The maximum absolute atomic E-state index is 14.7. The molecule has 76 heavy (non-hydrogen) atoms. The van der Waals surface area contributed by atoms with Crippen LogP contribution >= 0.6 is 0 Å². The van der Waals surface area contributed by atoms with Gasteiger partial charge in [-0.25, -0.2) is 13.8 Å². The lowest BCUT2D eigenvalue weighted by atomic mass is 9.82. The molecule has 3 heterocycles. The second-order valence-corrected chi connectivity index (χ2v) is 21.6. The Morgan fingerprint density at radius 3 is 1.62 bits per heavy atom. The molecule has 6 nitrogen and oxygen atoms in total. The van der Waals surface area contributed by atoms with Crippen molar-refractivity contribution in [2.75, 3.05) is 21.4 Å². The van der Waals surface area contributed by atoms with E-state index in [4.69, 9.17) is 9.72 Å². The van der Waals surface area contributed by atoms with Crippen molar-refractivity contribution < 1.29 is 13.5 Å². The fourth-order valence-corrected chi connectivity index (χ4v) is 10.6. The number of hydrogen-bond acceptors (Lipinski definition) is 5. The Balaban J connectivity index is 1.05. The van der Waals surface area contributed by atoms with Gasteiger partial charge in [-0.05, 0) is 142 Å². The first kappa shape index (κ1) is 48.0. The predicted octanol–water partition coefficient (Wildman–Crippen LogP) is 18.9. The molecule has 0 spiro atoms.